The van der Waals surface area contributed by atoms with E-state index in [1.807, 2.05) is 13.8 Å². The molecule has 0 aromatic heterocycles. The van der Waals surface area contributed by atoms with Gasteiger partial charge in [-0.15, -0.1) is 0 Å². The largest absolute Gasteiger partial charge is 0.481 e. The van der Waals surface area contributed by atoms with Crippen molar-refractivity contribution in [2.45, 2.75) is 117 Å². The van der Waals surface area contributed by atoms with Crippen molar-refractivity contribution in [3.05, 3.63) is 33.9 Å². The van der Waals surface area contributed by atoms with Crippen LogP contribution in [0.4, 0.5) is 0 Å². The molecule has 0 bridgehead atoms. The number of carboxylic acids is 1. The zero-order valence-corrected chi connectivity index (χ0v) is 20.3. The Morgan fingerprint density at radius 2 is 1.68 bits per heavy atom. The number of aryl methyl sites for hydroxylation is 2. The first-order chi connectivity index (χ1) is 14.6. The van der Waals surface area contributed by atoms with Crippen molar-refractivity contribution in [1.29, 1.82) is 0 Å². The number of ether oxygens (including phenoxy) is 1. The highest BCUT2D eigenvalue weighted by atomic mass is 16.5. The van der Waals surface area contributed by atoms with E-state index < -0.39 is 11.4 Å². The number of hydrogen-bond donors (Lipinski definition) is 1. The van der Waals surface area contributed by atoms with Crippen molar-refractivity contribution in [1.82, 2.24) is 0 Å². The molecule has 0 saturated heterocycles. The van der Waals surface area contributed by atoms with Crippen molar-refractivity contribution in [2.24, 2.45) is 5.41 Å². The molecule has 1 fully saturated rings. The summed E-state index contributed by atoms with van der Waals surface area (Å²) >= 11 is 0. The third-order valence-electron chi connectivity index (χ3n) is 7.36. The minimum Gasteiger partial charge on any atom is -0.481 e. The number of carbonyl (C=O) groups excluding carboxylic acids is 1. The molecule has 1 aliphatic carbocycles. The summed E-state index contributed by atoms with van der Waals surface area (Å²) in [6, 6.07) is 2.38. The second kappa shape index (κ2) is 11.2. The molecule has 2 rings (SSSR count). The lowest BCUT2D eigenvalue weighted by atomic mass is 9.86. The Hall–Kier alpha value is -1.84. The first-order valence-corrected chi connectivity index (χ1v) is 12.1. The van der Waals surface area contributed by atoms with Gasteiger partial charge in [-0.05, 0) is 120 Å². The molecule has 1 aromatic rings. The predicted octanol–water partition coefficient (Wildman–Crippen LogP) is 6.63. The molecule has 4 heteroatoms. The monoisotopic (exact) mass is 430 g/mol. The van der Waals surface area contributed by atoms with E-state index in [1.54, 1.807) is 0 Å². The lowest BCUT2D eigenvalue weighted by Crippen LogP contribution is -2.23. The Labute approximate surface area is 188 Å². The minimum absolute atomic E-state index is 0.129. The molecule has 0 amide bonds. The highest BCUT2D eigenvalue weighted by Gasteiger charge is 2.44. The molecule has 174 valence electrons. The molecule has 0 radical (unpaired) electrons. The normalized spacial score (nSPS) is 15.0. The SMILES string of the molecule is Cc1cc(CCCCC2(OC=O)CC2)c(C)c(C)c1CCCCCCC(C)(C)C(=O)O. The van der Waals surface area contributed by atoms with Crippen LogP contribution >= 0.6 is 0 Å². The van der Waals surface area contributed by atoms with Crippen molar-refractivity contribution >= 4 is 12.4 Å². The summed E-state index contributed by atoms with van der Waals surface area (Å²) in [4.78, 5) is 21.8. The smallest absolute Gasteiger partial charge is 0.309 e. The maximum atomic E-state index is 11.2. The van der Waals surface area contributed by atoms with Gasteiger partial charge in [0.2, 0.25) is 0 Å². The van der Waals surface area contributed by atoms with Gasteiger partial charge in [0.1, 0.15) is 5.60 Å². The Bertz CT molecular complexity index is 759. The highest BCUT2D eigenvalue weighted by Crippen LogP contribution is 2.43. The fourth-order valence-corrected chi connectivity index (χ4v) is 4.62. The molecule has 0 spiro atoms. The van der Waals surface area contributed by atoms with Crippen LogP contribution in [0.3, 0.4) is 0 Å². The lowest BCUT2D eigenvalue weighted by Gasteiger charge is -2.19. The molecule has 1 N–H and O–H groups in total. The van der Waals surface area contributed by atoms with Gasteiger partial charge >= 0.3 is 5.97 Å². The second-order valence-corrected chi connectivity index (χ2v) is 10.3. The fraction of sp³-hybridized carbons (Fsp3) is 0.704. The molecule has 1 aromatic carbocycles. The van der Waals surface area contributed by atoms with E-state index in [9.17, 15) is 14.7 Å². The summed E-state index contributed by atoms with van der Waals surface area (Å²) in [7, 11) is 0. The zero-order valence-electron chi connectivity index (χ0n) is 20.3. The van der Waals surface area contributed by atoms with Crippen molar-refractivity contribution in [2.75, 3.05) is 0 Å². The standard InChI is InChI=1S/C27H42O4/c1-20-18-23(12-9-11-15-27(16-17-27)31-19-28)21(2)22(3)24(20)13-8-6-7-10-14-26(4,5)25(29)30/h18-19H,6-17H2,1-5H3,(H,29,30). The van der Waals surface area contributed by atoms with Crippen LogP contribution < -0.4 is 0 Å². The summed E-state index contributed by atoms with van der Waals surface area (Å²) in [5.41, 5.74) is 6.46. The number of carbonyl (C=O) groups is 2. The molecule has 0 atom stereocenters. The summed E-state index contributed by atoms with van der Waals surface area (Å²) < 4.78 is 5.25. The summed E-state index contributed by atoms with van der Waals surface area (Å²) in [6.07, 6.45) is 12.6. The quantitative estimate of drug-likeness (QED) is 0.250. The Kier molecular flexibility index (Phi) is 9.14. The van der Waals surface area contributed by atoms with E-state index in [1.165, 1.54) is 27.8 Å². The predicted molar refractivity (Wildman–Crippen MR) is 126 cm³/mol. The number of rotatable bonds is 15. The van der Waals surface area contributed by atoms with Gasteiger partial charge < -0.3 is 9.84 Å². The van der Waals surface area contributed by atoms with Gasteiger partial charge in [-0.25, -0.2) is 0 Å². The van der Waals surface area contributed by atoms with E-state index in [0.717, 1.165) is 77.0 Å². The second-order valence-electron chi connectivity index (χ2n) is 10.3. The molecule has 0 heterocycles. The number of unbranched alkanes of at least 4 members (excludes halogenated alkanes) is 4. The first kappa shape index (κ1) is 25.4. The maximum Gasteiger partial charge on any atom is 0.309 e. The van der Waals surface area contributed by atoms with E-state index in [2.05, 4.69) is 26.8 Å². The van der Waals surface area contributed by atoms with Crippen LogP contribution in [0.2, 0.25) is 0 Å². The van der Waals surface area contributed by atoms with Gasteiger partial charge in [-0.2, -0.15) is 0 Å². The first-order valence-electron chi connectivity index (χ1n) is 12.1. The average molecular weight is 431 g/mol. The third kappa shape index (κ3) is 7.36. The maximum absolute atomic E-state index is 11.2. The Morgan fingerprint density at radius 3 is 2.29 bits per heavy atom. The Balaban J connectivity index is 1.77. The number of carboxylic acid groups (broad SMARTS) is 1. The zero-order chi connectivity index (χ0) is 23.1. The topological polar surface area (TPSA) is 63.6 Å². The number of hydrogen-bond acceptors (Lipinski definition) is 3. The molecular weight excluding hydrogens is 388 g/mol. The van der Waals surface area contributed by atoms with Crippen LogP contribution in [-0.4, -0.2) is 23.1 Å². The van der Waals surface area contributed by atoms with Crippen LogP contribution in [0.1, 0.15) is 106 Å². The van der Waals surface area contributed by atoms with E-state index in [-0.39, 0.29) is 5.60 Å². The van der Waals surface area contributed by atoms with Gasteiger partial charge in [0, 0.05) is 0 Å². The summed E-state index contributed by atoms with van der Waals surface area (Å²) in [5, 5.41) is 9.21. The number of aliphatic carboxylic acids is 1. The van der Waals surface area contributed by atoms with Crippen LogP contribution in [0.25, 0.3) is 0 Å². The van der Waals surface area contributed by atoms with Crippen molar-refractivity contribution in [3.8, 4) is 0 Å². The molecular formula is C27H42O4. The molecule has 0 aliphatic heterocycles. The molecule has 1 aliphatic rings. The molecule has 1 saturated carbocycles. The van der Waals surface area contributed by atoms with E-state index >= 15 is 0 Å². The summed E-state index contributed by atoms with van der Waals surface area (Å²) in [5.74, 6) is -0.698. The van der Waals surface area contributed by atoms with Crippen LogP contribution in [0.15, 0.2) is 6.07 Å². The van der Waals surface area contributed by atoms with Crippen molar-refractivity contribution < 1.29 is 19.4 Å². The molecule has 4 nitrogen and oxygen atoms in total. The van der Waals surface area contributed by atoms with Crippen molar-refractivity contribution in [3.63, 3.8) is 0 Å². The Morgan fingerprint density at radius 1 is 1.03 bits per heavy atom. The summed E-state index contributed by atoms with van der Waals surface area (Å²) in [6.45, 7) is 11.0. The molecule has 0 unspecified atom stereocenters. The van der Waals surface area contributed by atoms with Gasteiger partial charge in [-0.3, -0.25) is 9.59 Å². The van der Waals surface area contributed by atoms with Gasteiger partial charge in [0.25, 0.3) is 6.47 Å². The van der Waals surface area contributed by atoms with Gasteiger partial charge in [-0.1, -0.05) is 25.3 Å². The van der Waals surface area contributed by atoms with E-state index in [0.29, 0.717) is 6.47 Å². The van der Waals surface area contributed by atoms with Gasteiger partial charge in [0.15, 0.2) is 0 Å². The van der Waals surface area contributed by atoms with Crippen LogP contribution in [0, 0.1) is 26.2 Å². The van der Waals surface area contributed by atoms with Gasteiger partial charge in [0.05, 0.1) is 5.41 Å². The minimum atomic E-state index is -0.698. The molecule has 31 heavy (non-hydrogen) atoms. The fourth-order valence-electron chi connectivity index (χ4n) is 4.62. The lowest BCUT2D eigenvalue weighted by molar-refractivity contribution is -0.147. The number of benzene rings is 1. The average Bonchev–Trinajstić information content (AvgIpc) is 3.47. The van der Waals surface area contributed by atoms with E-state index in [4.69, 9.17) is 4.74 Å². The van der Waals surface area contributed by atoms with Crippen LogP contribution in [-0.2, 0) is 27.2 Å². The third-order valence-corrected chi connectivity index (χ3v) is 7.36. The van der Waals surface area contributed by atoms with Crippen LogP contribution in [0.5, 0.6) is 0 Å². The highest BCUT2D eigenvalue weighted by molar-refractivity contribution is 5.73.